The maximum atomic E-state index is 10.5. The minimum Gasteiger partial charge on any atom is -0.480 e. The molecule has 0 aromatic rings. The van der Waals surface area contributed by atoms with Crippen molar-refractivity contribution in [3.05, 3.63) is 0 Å². The average Bonchev–Trinajstić information content (AvgIpc) is 1.88. The third-order valence-electron chi connectivity index (χ3n) is 1.52. The lowest BCUT2D eigenvalue weighted by molar-refractivity contribution is -0.141. The second-order valence-corrected chi connectivity index (χ2v) is 2.26. The molecule has 0 aromatic heterocycles. The number of halogens is 1. The lowest BCUT2D eigenvalue weighted by Crippen LogP contribution is -2.45. The van der Waals surface area contributed by atoms with E-state index in [0.717, 1.165) is 0 Å². The van der Waals surface area contributed by atoms with E-state index in [9.17, 15) is 4.79 Å². The molecule has 0 fully saturated rings. The van der Waals surface area contributed by atoms with E-state index < -0.39 is 12.0 Å². The Labute approximate surface area is 77.5 Å². The first-order valence-electron chi connectivity index (χ1n) is 3.30. The standard InChI is InChI=1S/C6H13N3O2.ClH/c1-3-4(5(10)11)9(2)6(7)8;/h4H,3H2,1-2H3,(H3,7,8)(H,10,11);1H. The highest BCUT2D eigenvalue weighted by Crippen LogP contribution is 1.99. The van der Waals surface area contributed by atoms with E-state index in [-0.39, 0.29) is 18.4 Å². The van der Waals surface area contributed by atoms with E-state index >= 15 is 0 Å². The summed E-state index contributed by atoms with van der Waals surface area (Å²) in [4.78, 5) is 11.7. The molecule has 6 heteroatoms. The van der Waals surface area contributed by atoms with Crippen molar-refractivity contribution in [3.8, 4) is 0 Å². The van der Waals surface area contributed by atoms with E-state index in [4.69, 9.17) is 16.2 Å². The van der Waals surface area contributed by atoms with Crippen molar-refractivity contribution in [3.63, 3.8) is 0 Å². The maximum Gasteiger partial charge on any atom is 0.326 e. The average molecular weight is 196 g/mol. The van der Waals surface area contributed by atoms with E-state index in [1.807, 2.05) is 0 Å². The monoisotopic (exact) mass is 195 g/mol. The van der Waals surface area contributed by atoms with Crippen LogP contribution in [0, 0.1) is 5.41 Å². The number of hydrogen-bond acceptors (Lipinski definition) is 2. The van der Waals surface area contributed by atoms with Gasteiger partial charge in [-0.05, 0) is 6.42 Å². The van der Waals surface area contributed by atoms with Gasteiger partial charge in [0.2, 0.25) is 0 Å². The minimum atomic E-state index is -0.954. The fourth-order valence-corrected chi connectivity index (χ4v) is 0.782. The highest BCUT2D eigenvalue weighted by molar-refractivity contribution is 5.85. The summed E-state index contributed by atoms with van der Waals surface area (Å²) >= 11 is 0. The van der Waals surface area contributed by atoms with Crippen LogP contribution in [0.4, 0.5) is 0 Å². The van der Waals surface area contributed by atoms with Gasteiger partial charge in [-0.3, -0.25) is 5.41 Å². The van der Waals surface area contributed by atoms with Gasteiger partial charge in [-0.15, -0.1) is 12.4 Å². The number of carbonyl (C=O) groups is 1. The van der Waals surface area contributed by atoms with Crippen LogP contribution < -0.4 is 5.73 Å². The Balaban J connectivity index is 0. The summed E-state index contributed by atoms with van der Waals surface area (Å²) < 4.78 is 0. The van der Waals surface area contributed by atoms with Gasteiger partial charge >= 0.3 is 5.97 Å². The second kappa shape index (κ2) is 5.65. The van der Waals surface area contributed by atoms with Crippen molar-refractivity contribution in [2.45, 2.75) is 19.4 Å². The van der Waals surface area contributed by atoms with Gasteiger partial charge in [0.25, 0.3) is 0 Å². The number of nitrogens with zero attached hydrogens (tertiary/aromatic N) is 1. The lowest BCUT2D eigenvalue weighted by Gasteiger charge is -2.23. The van der Waals surface area contributed by atoms with Crippen molar-refractivity contribution in [2.75, 3.05) is 7.05 Å². The van der Waals surface area contributed by atoms with Gasteiger partial charge in [0.1, 0.15) is 6.04 Å². The molecule has 0 spiro atoms. The molecule has 0 rings (SSSR count). The molecule has 0 aliphatic carbocycles. The largest absolute Gasteiger partial charge is 0.480 e. The van der Waals surface area contributed by atoms with Gasteiger partial charge in [-0.1, -0.05) is 6.92 Å². The molecule has 0 saturated heterocycles. The number of hydrogen-bond donors (Lipinski definition) is 3. The highest BCUT2D eigenvalue weighted by atomic mass is 35.5. The van der Waals surface area contributed by atoms with Gasteiger partial charge in [0.15, 0.2) is 5.96 Å². The normalized spacial score (nSPS) is 11.2. The molecule has 0 saturated carbocycles. The summed E-state index contributed by atoms with van der Waals surface area (Å²) in [6.45, 7) is 1.73. The summed E-state index contributed by atoms with van der Waals surface area (Å²) in [5.41, 5.74) is 5.10. The van der Waals surface area contributed by atoms with E-state index in [0.29, 0.717) is 6.42 Å². The fourth-order valence-electron chi connectivity index (χ4n) is 0.782. The smallest absolute Gasteiger partial charge is 0.326 e. The third kappa shape index (κ3) is 3.43. The molecule has 1 unspecified atom stereocenters. The van der Waals surface area contributed by atoms with Gasteiger partial charge in [-0.2, -0.15) is 0 Å². The molecule has 0 heterocycles. The molecule has 0 aliphatic rings. The molecule has 72 valence electrons. The molecule has 0 aromatic carbocycles. The molecular weight excluding hydrogens is 182 g/mol. The van der Waals surface area contributed by atoms with Crippen LogP contribution in [0.3, 0.4) is 0 Å². The van der Waals surface area contributed by atoms with Crippen LogP contribution in [-0.2, 0) is 4.79 Å². The molecule has 0 radical (unpaired) electrons. The van der Waals surface area contributed by atoms with Crippen molar-refractivity contribution in [1.82, 2.24) is 4.90 Å². The molecule has 12 heavy (non-hydrogen) atoms. The summed E-state index contributed by atoms with van der Waals surface area (Å²) in [6.07, 6.45) is 0.436. The first kappa shape index (κ1) is 13.6. The number of likely N-dealkylation sites (N-methyl/N-ethyl adjacent to an activating group) is 1. The van der Waals surface area contributed by atoms with Crippen molar-refractivity contribution >= 4 is 24.3 Å². The van der Waals surface area contributed by atoms with E-state index in [1.54, 1.807) is 6.92 Å². The van der Waals surface area contributed by atoms with Crippen molar-refractivity contribution in [2.24, 2.45) is 5.73 Å². The number of nitrogens with one attached hydrogen (secondary N) is 1. The Morgan fingerprint density at radius 3 is 2.25 bits per heavy atom. The summed E-state index contributed by atoms with van der Waals surface area (Å²) in [7, 11) is 1.49. The molecule has 4 N–H and O–H groups in total. The molecule has 1 atom stereocenters. The van der Waals surface area contributed by atoms with Crippen LogP contribution in [0.25, 0.3) is 0 Å². The number of guanidine groups is 1. The van der Waals surface area contributed by atoms with Crippen LogP contribution in [0.5, 0.6) is 0 Å². The van der Waals surface area contributed by atoms with Crippen LogP contribution in [0.1, 0.15) is 13.3 Å². The molecule has 0 amide bonds. The summed E-state index contributed by atoms with van der Waals surface area (Å²) in [6, 6.07) is -0.688. The van der Waals surface area contributed by atoms with Gasteiger partial charge in [0.05, 0.1) is 0 Å². The molecular formula is C6H14ClN3O2. The van der Waals surface area contributed by atoms with E-state index in [1.165, 1.54) is 11.9 Å². The Hall–Kier alpha value is -0.970. The van der Waals surface area contributed by atoms with Crippen LogP contribution in [0.2, 0.25) is 0 Å². The number of carboxylic acids is 1. The Kier molecular flexibility index (Phi) is 6.41. The van der Waals surface area contributed by atoms with Crippen molar-refractivity contribution < 1.29 is 9.90 Å². The number of carboxylic acid groups (broad SMARTS) is 1. The Morgan fingerprint density at radius 1 is 1.75 bits per heavy atom. The van der Waals surface area contributed by atoms with Crippen LogP contribution >= 0.6 is 12.4 Å². The predicted molar refractivity (Wildman–Crippen MR) is 48.6 cm³/mol. The maximum absolute atomic E-state index is 10.5. The predicted octanol–water partition coefficient (Wildman–Crippen LogP) is 0.0967. The minimum absolute atomic E-state index is 0. The second-order valence-electron chi connectivity index (χ2n) is 2.26. The van der Waals surface area contributed by atoms with E-state index in [2.05, 4.69) is 0 Å². The Bertz CT molecular complexity index is 174. The SMILES string of the molecule is CCC(C(=O)O)N(C)C(=N)N.Cl. The fraction of sp³-hybridized carbons (Fsp3) is 0.667. The highest BCUT2D eigenvalue weighted by Gasteiger charge is 2.20. The Morgan fingerprint density at radius 2 is 2.17 bits per heavy atom. The topological polar surface area (TPSA) is 90.4 Å². The number of aliphatic carboxylic acids is 1. The van der Waals surface area contributed by atoms with Gasteiger partial charge < -0.3 is 15.7 Å². The zero-order chi connectivity index (χ0) is 9.02. The third-order valence-corrected chi connectivity index (χ3v) is 1.52. The number of nitrogens with two attached hydrogens (primary N) is 1. The zero-order valence-corrected chi connectivity index (χ0v) is 7.89. The molecule has 0 aliphatic heterocycles. The first-order chi connectivity index (χ1) is 5.00. The summed E-state index contributed by atoms with van der Waals surface area (Å²) in [5, 5.41) is 15.6. The summed E-state index contributed by atoms with van der Waals surface area (Å²) in [5.74, 6) is -1.18. The number of rotatable bonds is 3. The van der Waals surface area contributed by atoms with Crippen LogP contribution in [0.15, 0.2) is 0 Å². The van der Waals surface area contributed by atoms with Crippen molar-refractivity contribution in [1.29, 1.82) is 5.41 Å². The van der Waals surface area contributed by atoms with Gasteiger partial charge in [-0.25, -0.2) is 4.79 Å². The first-order valence-corrected chi connectivity index (χ1v) is 3.30. The quantitative estimate of drug-likeness (QED) is 0.440. The molecule has 0 bridgehead atoms. The lowest BCUT2D eigenvalue weighted by atomic mass is 10.2. The zero-order valence-electron chi connectivity index (χ0n) is 7.07. The van der Waals surface area contributed by atoms with Gasteiger partial charge in [0, 0.05) is 7.05 Å². The van der Waals surface area contributed by atoms with Crippen LogP contribution in [-0.4, -0.2) is 35.0 Å². The molecule has 5 nitrogen and oxygen atoms in total.